The van der Waals surface area contributed by atoms with Gasteiger partial charge in [-0.15, -0.1) is 0 Å². The molecule has 1 aliphatic carbocycles. The van der Waals surface area contributed by atoms with Crippen molar-refractivity contribution in [2.45, 2.75) is 32.8 Å². The third kappa shape index (κ3) is 8.06. The molecule has 11 heteroatoms. The van der Waals surface area contributed by atoms with Crippen LogP contribution in [0.2, 0.25) is 5.02 Å². The molecule has 1 amide bonds. The number of aldehydes is 1. The van der Waals surface area contributed by atoms with Gasteiger partial charge in [0.05, 0.1) is 16.4 Å². The molecule has 43 heavy (non-hydrogen) atoms. The highest BCUT2D eigenvalue weighted by Gasteiger charge is 2.28. The van der Waals surface area contributed by atoms with E-state index in [0.717, 1.165) is 47.3 Å². The number of nitrogens with one attached hydrogen (secondary N) is 2. The lowest BCUT2D eigenvalue weighted by molar-refractivity contribution is 0.0956. The third-order valence-corrected chi connectivity index (χ3v) is 6.91. The molecule has 0 bridgehead atoms. The number of hydrogen-bond acceptors (Lipinski definition) is 8. The number of carbonyl (C=O) groups is 2. The number of aliphatic hydroxyl groups is 1. The minimum absolute atomic E-state index is 0.0246. The van der Waals surface area contributed by atoms with E-state index >= 15 is 0 Å². The topological polar surface area (TPSA) is 135 Å². The van der Waals surface area contributed by atoms with Crippen molar-refractivity contribution in [2.75, 3.05) is 32.6 Å². The number of aromatic nitrogens is 2. The van der Waals surface area contributed by atoms with Crippen LogP contribution in [0.1, 0.15) is 45.8 Å². The third-order valence-electron chi connectivity index (χ3n) is 6.56. The first kappa shape index (κ1) is 33.0. The maximum absolute atomic E-state index is 12.5. The van der Waals surface area contributed by atoms with Crippen molar-refractivity contribution < 1.29 is 19.4 Å². The van der Waals surface area contributed by atoms with Crippen LogP contribution in [0.3, 0.4) is 0 Å². The van der Waals surface area contributed by atoms with Gasteiger partial charge in [-0.2, -0.15) is 10.0 Å². The Morgan fingerprint density at radius 2 is 1.84 bits per heavy atom. The van der Waals surface area contributed by atoms with Gasteiger partial charge in [0.15, 0.2) is 12.0 Å². The Bertz CT molecular complexity index is 1540. The van der Waals surface area contributed by atoms with Gasteiger partial charge in [0.1, 0.15) is 25.0 Å². The number of halogens is 1. The maximum Gasteiger partial charge on any atom is 0.271 e. The van der Waals surface area contributed by atoms with Gasteiger partial charge >= 0.3 is 0 Å². The van der Waals surface area contributed by atoms with Crippen LogP contribution in [0.15, 0.2) is 71.9 Å². The van der Waals surface area contributed by atoms with Gasteiger partial charge in [0.25, 0.3) is 5.91 Å². The summed E-state index contributed by atoms with van der Waals surface area (Å²) >= 11 is 5.59. The minimum atomic E-state index is -0.946. The van der Waals surface area contributed by atoms with Crippen LogP contribution in [-0.2, 0) is 12.8 Å². The summed E-state index contributed by atoms with van der Waals surface area (Å²) in [5.41, 5.74) is 6.81. The summed E-state index contributed by atoms with van der Waals surface area (Å²) in [6, 6.07) is 20.4. The number of ether oxygens (including phenoxy) is 1. The molecule has 0 aliphatic heterocycles. The standard InChI is InChI=1S/C23H25N5O4.C7H5ClO.C2H6/c1-24-15-5-3-14-4-10-19-21(23(30)25-2)27-28(22(19)20(14)11-15)16-6-8-18(9-7-16)32-13-17(29)12-26-31;8-7-4-2-1-3-6(7)5-9;1-2/h3,5-9,11,17,24,29H,4,10,12-13H2,1-2H3,(H,25,30);1-5H;1-2H3. The minimum Gasteiger partial charge on any atom is -0.491 e. The maximum atomic E-state index is 12.5. The molecular formula is C32H36ClN5O5. The van der Waals surface area contributed by atoms with Crippen LogP contribution >= 0.6 is 11.6 Å². The fourth-order valence-electron chi connectivity index (χ4n) is 4.47. The van der Waals surface area contributed by atoms with Crippen LogP contribution in [0.4, 0.5) is 5.69 Å². The van der Waals surface area contributed by atoms with Gasteiger partial charge in [-0.3, -0.25) is 9.59 Å². The summed E-state index contributed by atoms with van der Waals surface area (Å²) in [5.74, 6) is 0.329. The molecule has 1 heterocycles. The normalized spacial score (nSPS) is 11.7. The number of aryl methyl sites for hydroxylation is 1. The molecular weight excluding hydrogens is 570 g/mol. The molecule has 1 aromatic heterocycles. The molecule has 10 nitrogen and oxygen atoms in total. The SMILES string of the molecule is CC.CNC(=O)c1nn(-c2ccc(OCC(O)CN=O)cc2)c2c1CCc1ccc(NC)cc1-2.O=Cc1ccccc1Cl. The number of nitroso groups, excluding NO2 is 1. The number of aliphatic hydroxyl groups excluding tert-OH is 1. The van der Waals surface area contributed by atoms with E-state index in [1.54, 1.807) is 48.1 Å². The van der Waals surface area contributed by atoms with Crippen LogP contribution in [0, 0.1) is 4.91 Å². The van der Waals surface area contributed by atoms with Crippen LogP contribution in [0.5, 0.6) is 5.75 Å². The van der Waals surface area contributed by atoms with Gasteiger partial charge in [0.2, 0.25) is 0 Å². The number of benzene rings is 3. The average molecular weight is 606 g/mol. The monoisotopic (exact) mass is 605 g/mol. The fraction of sp³-hybridized carbons (Fsp3) is 0.281. The first-order valence-electron chi connectivity index (χ1n) is 13.9. The van der Waals surface area contributed by atoms with E-state index in [1.807, 2.05) is 39.1 Å². The molecule has 0 saturated heterocycles. The Balaban J connectivity index is 0.000000390. The molecule has 0 fully saturated rings. The van der Waals surface area contributed by atoms with E-state index in [1.165, 1.54) is 5.56 Å². The van der Waals surface area contributed by atoms with Gasteiger partial charge in [-0.05, 0) is 60.9 Å². The second-order valence-corrected chi connectivity index (χ2v) is 9.61. The van der Waals surface area contributed by atoms with Crippen LogP contribution in [-0.4, -0.2) is 60.4 Å². The van der Waals surface area contributed by atoms with Crippen molar-refractivity contribution in [3.05, 3.63) is 99.0 Å². The fourth-order valence-corrected chi connectivity index (χ4v) is 4.65. The number of nitrogens with zero attached hydrogens (tertiary/aromatic N) is 3. The van der Waals surface area contributed by atoms with E-state index in [-0.39, 0.29) is 19.1 Å². The summed E-state index contributed by atoms with van der Waals surface area (Å²) in [5, 5.41) is 23.3. The van der Waals surface area contributed by atoms with E-state index in [4.69, 9.17) is 16.3 Å². The van der Waals surface area contributed by atoms with Gasteiger partial charge in [-0.25, -0.2) is 4.68 Å². The van der Waals surface area contributed by atoms with Gasteiger partial charge in [-0.1, -0.05) is 54.9 Å². The Hall–Kier alpha value is -4.54. The lowest BCUT2D eigenvalue weighted by Gasteiger charge is -2.20. The Morgan fingerprint density at radius 1 is 1.12 bits per heavy atom. The van der Waals surface area contributed by atoms with Crippen LogP contribution in [0.25, 0.3) is 16.9 Å². The Kier molecular flexibility index (Phi) is 12.4. The first-order chi connectivity index (χ1) is 20.9. The average Bonchev–Trinajstić information content (AvgIpc) is 3.45. The zero-order valence-electron chi connectivity index (χ0n) is 24.6. The predicted molar refractivity (Wildman–Crippen MR) is 170 cm³/mol. The Labute approximate surface area is 256 Å². The molecule has 5 rings (SSSR count). The van der Waals surface area contributed by atoms with Crippen molar-refractivity contribution in [1.29, 1.82) is 0 Å². The second kappa shape index (κ2) is 16.2. The summed E-state index contributed by atoms with van der Waals surface area (Å²) in [6.45, 7) is 3.76. The molecule has 1 atom stereocenters. The Morgan fingerprint density at radius 3 is 2.44 bits per heavy atom. The largest absolute Gasteiger partial charge is 0.491 e. The number of carbonyl (C=O) groups excluding carboxylic acids is 2. The molecule has 1 aliphatic rings. The number of hydrogen-bond donors (Lipinski definition) is 3. The van der Waals surface area contributed by atoms with Gasteiger partial charge in [0, 0.05) is 36.5 Å². The summed E-state index contributed by atoms with van der Waals surface area (Å²) in [7, 11) is 3.48. The van der Waals surface area contributed by atoms with E-state index < -0.39 is 6.10 Å². The molecule has 4 aromatic rings. The first-order valence-corrected chi connectivity index (χ1v) is 14.3. The molecule has 0 radical (unpaired) electrons. The zero-order chi connectivity index (χ0) is 31.4. The summed E-state index contributed by atoms with van der Waals surface area (Å²) in [4.78, 5) is 32.9. The highest BCUT2D eigenvalue weighted by atomic mass is 35.5. The number of anilines is 1. The lowest BCUT2D eigenvalue weighted by Crippen LogP contribution is -2.20. The zero-order valence-corrected chi connectivity index (χ0v) is 25.4. The molecule has 3 N–H and O–H groups in total. The molecule has 226 valence electrons. The van der Waals surface area contributed by atoms with Crippen molar-refractivity contribution in [1.82, 2.24) is 15.1 Å². The summed E-state index contributed by atoms with van der Waals surface area (Å²) in [6.07, 6.45) is 1.36. The quantitative estimate of drug-likeness (QED) is 0.164. The van der Waals surface area contributed by atoms with Crippen molar-refractivity contribution in [3.8, 4) is 22.7 Å². The lowest BCUT2D eigenvalue weighted by atomic mass is 9.88. The second-order valence-electron chi connectivity index (χ2n) is 9.20. The predicted octanol–water partition coefficient (Wildman–Crippen LogP) is 5.72. The molecule has 3 aromatic carbocycles. The smallest absolute Gasteiger partial charge is 0.271 e. The van der Waals surface area contributed by atoms with E-state index in [0.29, 0.717) is 22.0 Å². The van der Waals surface area contributed by atoms with Crippen molar-refractivity contribution in [3.63, 3.8) is 0 Å². The van der Waals surface area contributed by atoms with Crippen molar-refractivity contribution in [2.24, 2.45) is 5.18 Å². The van der Waals surface area contributed by atoms with Crippen LogP contribution < -0.4 is 15.4 Å². The number of rotatable bonds is 9. The number of amides is 1. The van der Waals surface area contributed by atoms with E-state index in [2.05, 4.69) is 33.0 Å². The van der Waals surface area contributed by atoms with Crippen molar-refractivity contribution >= 4 is 29.5 Å². The van der Waals surface area contributed by atoms with Gasteiger partial charge < -0.3 is 20.5 Å². The highest BCUT2D eigenvalue weighted by molar-refractivity contribution is 6.32. The summed E-state index contributed by atoms with van der Waals surface area (Å²) < 4.78 is 7.32. The molecule has 0 saturated carbocycles. The number of fused-ring (bicyclic) bond motifs is 3. The molecule has 1 unspecified atom stereocenters. The molecule has 0 spiro atoms. The highest BCUT2D eigenvalue weighted by Crippen LogP contribution is 2.38. The van der Waals surface area contributed by atoms with E-state index in [9.17, 15) is 19.6 Å².